The first kappa shape index (κ1) is 8.50. The molecule has 1 radical (unpaired) electrons. The number of imidazole rings is 1. The van der Waals surface area contributed by atoms with Crippen LogP contribution in [0.4, 0.5) is 4.79 Å². The van der Waals surface area contributed by atoms with Gasteiger partial charge in [-0.3, -0.25) is 4.57 Å². The van der Waals surface area contributed by atoms with E-state index in [9.17, 15) is 4.79 Å². The number of aromatic nitrogens is 2. The van der Waals surface area contributed by atoms with Crippen LogP contribution < -0.4 is 5.73 Å². The van der Waals surface area contributed by atoms with Gasteiger partial charge in [-0.15, -0.1) is 0 Å². The van der Waals surface area contributed by atoms with E-state index in [1.807, 2.05) is 18.2 Å². The fraction of sp³-hybridized carbons (Fsp3) is 0. The maximum Gasteiger partial charge on any atom is 0.324 e. The number of rotatable bonds is 1. The molecule has 0 aliphatic rings. The Balaban J connectivity index is 2.52. The molecule has 69 valence electrons. The number of amides is 1. The van der Waals surface area contributed by atoms with Crippen LogP contribution >= 0.6 is 0 Å². The van der Waals surface area contributed by atoms with Gasteiger partial charge in [-0.25, -0.2) is 9.78 Å². The smallest absolute Gasteiger partial charge is 0.324 e. The predicted octanol–water partition coefficient (Wildman–Crippen LogP) is 1.28. The average molecular weight is 186 g/mol. The highest BCUT2D eigenvalue weighted by Gasteiger charge is 2.08. The van der Waals surface area contributed by atoms with Crippen molar-refractivity contribution >= 4 is 6.03 Å². The van der Waals surface area contributed by atoms with E-state index < -0.39 is 6.03 Å². The molecule has 0 spiro atoms. The Morgan fingerprint density at radius 2 is 2.36 bits per heavy atom. The van der Waals surface area contributed by atoms with Crippen LogP contribution in [0.15, 0.2) is 36.7 Å². The first-order chi connectivity index (χ1) is 6.79. The monoisotopic (exact) mass is 186 g/mol. The lowest BCUT2D eigenvalue weighted by atomic mass is 10.2. The van der Waals surface area contributed by atoms with Gasteiger partial charge in [-0.05, 0) is 6.07 Å². The summed E-state index contributed by atoms with van der Waals surface area (Å²) in [5, 5.41) is 0. The molecule has 2 aromatic rings. The minimum absolute atomic E-state index is 0.512. The molecule has 1 aromatic carbocycles. The normalized spacial score (nSPS) is 10.0. The zero-order chi connectivity index (χ0) is 9.97. The number of benzene rings is 1. The van der Waals surface area contributed by atoms with Crippen molar-refractivity contribution in [2.24, 2.45) is 5.73 Å². The second kappa shape index (κ2) is 3.33. The fourth-order valence-corrected chi connectivity index (χ4v) is 1.21. The van der Waals surface area contributed by atoms with Crippen LogP contribution in [-0.4, -0.2) is 15.6 Å². The molecule has 0 saturated carbocycles. The largest absolute Gasteiger partial charge is 0.351 e. The molecule has 14 heavy (non-hydrogen) atoms. The number of primary amides is 1. The molecular formula is C10H8N3O. The number of carbonyl (C=O) groups is 1. The quantitative estimate of drug-likeness (QED) is 0.729. The summed E-state index contributed by atoms with van der Waals surface area (Å²) in [5.74, 6) is 0.512. The zero-order valence-corrected chi connectivity index (χ0v) is 7.34. The molecule has 0 aliphatic heterocycles. The maximum absolute atomic E-state index is 11.0. The summed E-state index contributed by atoms with van der Waals surface area (Å²) in [6.45, 7) is 0. The van der Waals surface area contributed by atoms with Crippen molar-refractivity contribution in [3.8, 4) is 11.4 Å². The third-order valence-corrected chi connectivity index (χ3v) is 1.83. The molecule has 0 unspecified atom stereocenters. The molecule has 0 bridgehead atoms. The predicted molar refractivity (Wildman–Crippen MR) is 51.5 cm³/mol. The van der Waals surface area contributed by atoms with Crippen molar-refractivity contribution in [3.63, 3.8) is 0 Å². The molecular weight excluding hydrogens is 178 g/mol. The SMILES string of the molecule is NC(=O)n1ccnc1-c1[c]cccc1. The van der Waals surface area contributed by atoms with E-state index in [2.05, 4.69) is 11.1 Å². The third kappa shape index (κ3) is 1.37. The van der Waals surface area contributed by atoms with E-state index in [4.69, 9.17) is 5.73 Å². The Morgan fingerprint density at radius 3 is 3.00 bits per heavy atom. The Labute approximate surface area is 81.0 Å². The Bertz CT molecular complexity index is 447. The highest BCUT2D eigenvalue weighted by molar-refractivity contribution is 5.79. The van der Waals surface area contributed by atoms with Gasteiger partial charge in [0.1, 0.15) is 5.82 Å². The van der Waals surface area contributed by atoms with Gasteiger partial charge < -0.3 is 5.73 Å². The van der Waals surface area contributed by atoms with E-state index >= 15 is 0 Å². The van der Waals surface area contributed by atoms with E-state index in [0.717, 1.165) is 5.56 Å². The van der Waals surface area contributed by atoms with Crippen molar-refractivity contribution in [2.75, 3.05) is 0 Å². The molecule has 0 aliphatic carbocycles. The molecule has 0 fully saturated rings. The third-order valence-electron chi connectivity index (χ3n) is 1.83. The number of nitrogens with zero attached hydrogens (tertiary/aromatic N) is 2. The first-order valence-electron chi connectivity index (χ1n) is 4.09. The second-order valence-corrected chi connectivity index (χ2v) is 2.74. The summed E-state index contributed by atoms with van der Waals surface area (Å²) >= 11 is 0. The molecule has 0 atom stereocenters. The van der Waals surface area contributed by atoms with E-state index in [1.54, 1.807) is 6.07 Å². The Morgan fingerprint density at radius 1 is 1.50 bits per heavy atom. The molecule has 1 amide bonds. The van der Waals surface area contributed by atoms with E-state index in [0.29, 0.717) is 5.82 Å². The van der Waals surface area contributed by atoms with Crippen molar-refractivity contribution in [2.45, 2.75) is 0 Å². The maximum atomic E-state index is 11.0. The summed E-state index contributed by atoms with van der Waals surface area (Å²) in [6, 6.07) is 9.71. The van der Waals surface area contributed by atoms with Gasteiger partial charge in [-0.1, -0.05) is 24.3 Å². The highest BCUT2D eigenvalue weighted by atomic mass is 16.2. The summed E-state index contributed by atoms with van der Waals surface area (Å²) in [4.78, 5) is 15.0. The topological polar surface area (TPSA) is 60.9 Å². The van der Waals surface area contributed by atoms with Gasteiger partial charge in [0, 0.05) is 18.0 Å². The van der Waals surface area contributed by atoms with Crippen LogP contribution in [0.1, 0.15) is 0 Å². The van der Waals surface area contributed by atoms with Crippen LogP contribution in [0.25, 0.3) is 11.4 Å². The summed E-state index contributed by atoms with van der Waals surface area (Å²) in [7, 11) is 0. The molecule has 0 saturated heterocycles. The van der Waals surface area contributed by atoms with Gasteiger partial charge in [0.2, 0.25) is 0 Å². The lowest BCUT2D eigenvalue weighted by molar-refractivity contribution is 0.250. The summed E-state index contributed by atoms with van der Waals surface area (Å²) in [5.41, 5.74) is 5.91. The Kier molecular flexibility index (Phi) is 2.02. The summed E-state index contributed by atoms with van der Waals surface area (Å²) in [6.07, 6.45) is 3.06. The van der Waals surface area contributed by atoms with Crippen molar-refractivity contribution in [1.82, 2.24) is 9.55 Å². The average Bonchev–Trinajstić information content (AvgIpc) is 2.67. The van der Waals surface area contributed by atoms with Gasteiger partial charge in [0.25, 0.3) is 0 Å². The van der Waals surface area contributed by atoms with Gasteiger partial charge >= 0.3 is 6.03 Å². The first-order valence-corrected chi connectivity index (χ1v) is 4.09. The van der Waals surface area contributed by atoms with Crippen molar-refractivity contribution in [3.05, 3.63) is 42.7 Å². The van der Waals surface area contributed by atoms with Crippen LogP contribution in [-0.2, 0) is 0 Å². The lowest BCUT2D eigenvalue weighted by Crippen LogP contribution is -2.19. The van der Waals surface area contributed by atoms with Gasteiger partial charge in [0.15, 0.2) is 0 Å². The lowest BCUT2D eigenvalue weighted by Gasteiger charge is -2.01. The van der Waals surface area contributed by atoms with Crippen LogP contribution in [0.5, 0.6) is 0 Å². The van der Waals surface area contributed by atoms with Crippen molar-refractivity contribution in [1.29, 1.82) is 0 Å². The number of hydrogen-bond acceptors (Lipinski definition) is 2. The van der Waals surface area contributed by atoms with Crippen molar-refractivity contribution < 1.29 is 4.79 Å². The standard InChI is InChI=1S/C10H8N3O/c11-10(14)13-7-6-12-9(13)8-4-2-1-3-5-8/h1-4,6-7H,(H2,11,14). The molecule has 2 rings (SSSR count). The number of nitrogens with two attached hydrogens (primary N) is 1. The van der Waals surface area contributed by atoms with Crippen LogP contribution in [0.3, 0.4) is 0 Å². The fourth-order valence-electron chi connectivity index (χ4n) is 1.21. The van der Waals surface area contributed by atoms with Gasteiger partial charge in [-0.2, -0.15) is 0 Å². The van der Waals surface area contributed by atoms with E-state index in [1.165, 1.54) is 17.0 Å². The minimum Gasteiger partial charge on any atom is -0.351 e. The number of carbonyl (C=O) groups excluding carboxylic acids is 1. The van der Waals surface area contributed by atoms with Gasteiger partial charge in [0.05, 0.1) is 0 Å². The molecule has 1 heterocycles. The molecule has 4 heteroatoms. The van der Waals surface area contributed by atoms with E-state index in [-0.39, 0.29) is 0 Å². The summed E-state index contributed by atoms with van der Waals surface area (Å²) < 4.78 is 1.28. The van der Waals surface area contributed by atoms with Crippen LogP contribution in [0, 0.1) is 6.07 Å². The minimum atomic E-state index is -0.547. The zero-order valence-electron chi connectivity index (χ0n) is 7.34. The molecule has 2 N–H and O–H groups in total. The molecule has 4 nitrogen and oxygen atoms in total. The highest BCUT2D eigenvalue weighted by Crippen LogP contribution is 2.15. The van der Waals surface area contributed by atoms with Crippen LogP contribution in [0.2, 0.25) is 0 Å². The second-order valence-electron chi connectivity index (χ2n) is 2.74. The Hall–Kier alpha value is -2.10. The molecule has 1 aromatic heterocycles. The number of hydrogen-bond donors (Lipinski definition) is 1.